The Morgan fingerprint density at radius 2 is 2.00 bits per heavy atom. The van der Waals surface area contributed by atoms with E-state index in [0.717, 1.165) is 21.7 Å². The summed E-state index contributed by atoms with van der Waals surface area (Å²) in [6.07, 6.45) is 5.77. The van der Waals surface area contributed by atoms with Gasteiger partial charge in [0.2, 0.25) is 0 Å². The van der Waals surface area contributed by atoms with E-state index in [1.807, 2.05) is 30.3 Å². The normalized spacial score (nSPS) is 10.7. The highest BCUT2D eigenvalue weighted by Crippen LogP contribution is 2.25. The van der Waals surface area contributed by atoms with Gasteiger partial charge in [-0.1, -0.05) is 30.3 Å². The lowest BCUT2D eigenvalue weighted by atomic mass is 10.2. The molecule has 2 nitrogen and oxygen atoms in total. The zero-order chi connectivity index (χ0) is 10.5. The number of hydrogen-bond donors (Lipinski definition) is 0. The zero-order valence-electron chi connectivity index (χ0n) is 7.96. The molecule has 1 aromatic carbocycles. The minimum atomic E-state index is 0.766. The Hall–Kier alpha value is -1.74. The molecule has 2 rings (SSSR count). The lowest BCUT2D eigenvalue weighted by molar-refractivity contribution is -0.104. The van der Waals surface area contributed by atoms with Gasteiger partial charge in [0.15, 0.2) is 0 Å². The molecule has 0 saturated heterocycles. The molecule has 0 unspecified atom stereocenters. The van der Waals surface area contributed by atoms with Gasteiger partial charge in [0, 0.05) is 16.6 Å². The summed E-state index contributed by atoms with van der Waals surface area (Å²) in [6.45, 7) is 0. The predicted octanol–water partition coefficient (Wildman–Crippen LogP) is 3.02. The van der Waals surface area contributed by atoms with Crippen molar-refractivity contribution in [1.82, 2.24) is 4.98 Å². The van der Waals surface area contributed by atoms with E-state index in [1.54, 1.807) is 23.6 Å². The Bertz CT molecular complexity index is 473. The number of benzene rings is 1. The van der Waals surface area contributed by atoms with Gasteiger partial charge < -0.3 is 0 Å². The van der Waals surface area contributed by atoms with Crippen molar-refractivity contribution in [2.24, 2.45) is 0 Å². The van der Waals surface area contributed by atoms with Gasteiger partial charge in [0.1, 0.15) is 11.3 Å². The maximum absolute atomic E-state index is 10.2. The Morgan fingerprint density at radius 3 is 2.73 bits per heavy atom. The van der Waals surface area contributed by atoms with Crippen LogP contribution in [-0.4, -0.2) is 11.3 Å². The minimum absolute atomic E-state index is 0.766. The number of aromatic nitrogens is 1. The first-order valence-corrected chi connectivity index (χ1v) is 5.35. The molecule has 0 aliphatic rings. The summed E-state index contributed by atoms with van der Waals surface area (Å²) < 4.78 is 0. The summed E-state index contributed by atoms with van der Waals surface area (Å²) in [5, 5.41) is 0.973. The number of nitrogens with zero attached hydrogens (tertiary/aromatic N) is 1. The summed E-state index contributed by atoms with van der Waals surface area (Å²) in [4.78, 5) is 15.4. The van der Waals surface area contributed by atoms with Crippen molar-refractivity contribution in [2.75, 3.05) is 0 Å². The van der Waals surface area contributed by atoms with Crippen LogP contribution in [0.4, 0.5) is 0 Å². The van der Waals surface area contributed by atoms with E-state index >= 15 is 0 Å². The molecule has 1 aromatic heterocycles. The molecule has 0 bridgehead atoms. The highest BCUT2D eigenvalue weighted by molar-refractivity contribution is 7.15. The third-order valence-electron chi connectivity index (χ3n) is 1.88. The van der Waals surface area contributed by atoms with Crippen molar-refractivity contribution in [3.8, 4) is 10.6 Å². The van der Waals surface area contributed by atoms with Crippen LogP contribution in [0.3, 0.4) is 0 Å². The molecule has 0 aliphatic carbocycles. The van der Waals surface area contributed by atoms with Gasteiger partial charge in [0.25, 0.3) is 0 Å². The average molecular weight is 215 g/mol. The Labute approximate surface area is 91.9 Å². The second-order valence-electron chi connectivity index (χ2n) is 2.93. The van der Waals surface area contributed by atoms with E-state index in [2.05, 4.69) is 4.98 Å². The Kier molecular flexibility index (Phi) is 3.05. The monoisotopic (exact) mass is 215 g/mol. The van der Waals surface area contributed by atoms with Crippen LogP contribution in [-0.2, 0) is 4.79 Å². The molecule has 0 N–H and O–H groups in total. The molecule has 0 atom stereocenters. The Balaban J connectivity index is 2.28. The molecular formula is C12H9NOS. The molecule has 0 saturated carbocycles. The number of rotatable bonds is 3. The summed E-state index contributed by atoms with van der Waals surface area (Å²) in [5.74, 6) is 0. The first-order valence-electron chi connectivity index (χ1n) is 4.53. The van der Waals surface area contributed by atoms with E-state index < -0.39 is 0 Å². The minimum Gasteiger partial charge on any atom is -0.299 e. The van der Waals surface area contributed by atoms with E-state index in [0.29, 0.717) is 0 Å². The smallest absolute Gasteiger partial charge is 0.142 e. The molecule has 0 fully saturated rings. The third kappa shape index (κ3) is 2.39. The van der Waals surface area contributed by atoms with E-state index in [4.69, 9.17) is 0 Å². The fraction of sp³-hybridized carbons (Fsp3) is 0. The van der Waals surface area contributed by atoms with Crippen LogP contribution < -0.4 is 0 Å². The van der Waals surface area contributed by atoms with Gasteiger partial charge in [-0.3, -0.25) is 4.79 Å². The highest BCUT2D eigenvalue weighted by Gasteiger charge is 2.01. The molecule has 0 radical (unpaired) electrons. The number of carbonyl (C=O) groups excluding carboxylic acids is 1. The summed E-state index contributed by atoms with van der Waals surface area (Å²) >= 11 is 1.57. The van der Waals surface area contributed by atoms with Crippen LogP contribution >= 0.6 is 11.3 Å². The van der Waals surface area contributed by atoms with Crippen LogP contribution in [0, 0.1) is 0 Å². The highest BCUT2D eigenvalue weighted by atomic mass is 32.1. The van der Waals surface area contributed by atoms with Crippen molar-refractivity contribution in [2.45, 2.75) is 0 Å². The fourth-order valence-corrected chi connectivity index (χ4v) is 2.05. The first-order chi connectivity index (χ1) is 7.40. The van der Waals surface area contributed by atoms with Crippen molar-refractivity contribution < 1.29 is 4.79 Å². The topological polar surface area (TPSA) is 30.0 Å². The zero-order valence-corrected chi connectivity index (χ0v) is 8.78. The average Bonchev–Trinajstić information content (AvgIpc) is 2.76. The molecule has 0 aliphatic heterocycles. The fourth-order valence-electron chi connectivity index (χ4n) is 1.21. The summed E-state index contributed by atoms with van der Waals surface area (Å²) in [6, 6.07) is 9.98. The third-order valence-corrected chi connectivity index (χ3v) is 2.90. The molecule has 1 heterocycles. The molecule has 74 valence electrons. The van der Waals surface area contributed by atoms with Crippen LogP contribution in [0.1, 0.15) is 4.88 Å². The van der Waals surface area contributed by atoms with Gasteiger partial charge in [-0.15, -0.1) is 11.3 Å². The quantitative estimate of drug-likeness (QED) is 0.582. The van der Waals surface area contributed by atoms with E-state index in [1.165, 1.54) is 6.08 Å². The summed E-state index contributed by atoms with van der Waals surface area (Å²) in [5.41, 5.74) is 1.10. The SMILES string of the molecule is O=CC=Cc1cnc(-c2ccccc2)s1. The van der Waals surface area contributed by atoms with Gasteiger partial charge >= 0.3 is 0 Å². The van der Waals surface area contributed by atoms with E-state index in [9.17, 15) is 4.79 Å². The van der Waals surface area contributed by atoms with Gasteiger partial charge in [-0.25, -0.2) is 4.98 Å². The van der Waals surface area contributed by atoms with Gasteiger partial charge in [-0.2, -0.15) is 0 Å². The number of thiazole rings is 1. The Morgan fingerprint density at radius 1 is 1.20 bits per heavy atom. The van der Waals surface area contributed by atoms with Crippen molar-refractivity contribution in [3.63, 3.8) is 0 Å². The molecule has 2 aromatic rings. The second kappa shape index (κ2) is 4.66. The number of hydrogen-bond acceptors (Lipinski definition) is 3. The van der Waals surface area contributed by atoms with Gasteiger partial charge in [0.05, 0.1) is 0 Å². The van der Waals surface area contributed by atoms with Crippen LogP contribution in [0.2, 0.25) is 0 Å². The molecule has 3 heteroatoms. The van der Waals surface area contributed by atoms with Crippen molar-refractivity contribution >= 4 is 23.7 Å². The number of aldehydes is 1. The lowest BCUT2D eigenvalue weighted by Gasteiger charge is -1.92. The number of allylic oxidation sites excluding steroid dienone is 1. The lowest BCUT2D eigenvalue weighted by Crippen LogP contribution is -1.71. The number of carbonyl (C=O) groups is 1. The molecule has 0 amide bonds. The molecule has 15 heavy (non-hydrogen) atoms. The van der Waals surface area contributed by atoms with Crippen molar-refractivity contribution in [1.29, 1.82) is 0 Å². The first kappa shape index (κ1) is 9.80. The largest absolute Gasteiger partial charge is 0.299 e. The summed E-state index contributed by atoms with van der Waals surface area (Å²) in [7, 11) is 0. The molecule has 0 spiro atoms. The van der Waals surface area contributed by atoms with E-state index in [-0.39, 0.29) is 0 Å². The van der Waals surface area contributed by atoms with Gasteiger partial charge in [-0.05, 0) is 12.2 Å². The van der Waals surface area contributed by atoms with Crippen LogP contribution in [0.15, 0.2) is 42.6 Å². The van der Waals surface area contributed by atoms with Crippen LogP contribution in [0.5, 0.6) is 0 Å². The van der Waals surface area contributed by atoms with Crippen LogP contribution in [0.25, 0.3) is 16.6 Å². The van der Waals surface area contributed by atoms with Crippen molar-refractivity contribution in [3.05, 3.63) is 47.5 Å². The second-order valence-corrected chi connectivity index (χ2v) is 3.99. The predicted molar refractivity (Wildman–Crippen MR) is 62.6 cm³/mol. The molecular weight excluding hydrogens is 206 g/mol. The maximum Gasteiger partial charge on any atom is 0.142 e. The standard InChI is InChI=1S/C12H9NOS/c14-8-4-7-11-9-13-12(15-11)10-5-2-1-3-6-10/h1-9H. The maximum atomic E-state index is 10.2.